The zero-order valence-corrected chi connectivity index (χ0v) is 10.2. The molecule has 2 aromatic heterocycles. The second-order valence-corrected chi connectivity index (χ2v) is 4.83. The molecule has 1 unspecified atom stereocenters. The number of hydrogen-bond donors (Lipinski definition) is 2. The van der Waals surface area contributed by atoms with Crippen molar-refractivity contribution in [1.29, 1.82) is 0 Å². The lowest BCUT2D eigenvalue weighted by atomic mass is 10.0. The molecule has 2 N–H and O–H groups in total. The van der Waals surface area contributed by atoms with E-state index in [1.165, 1.54) is 0 Å². The Balaban J connectivity index is 1.63. The fourth-order valence-electron chi connectivity index (χ4n) is 2.29. The zero-order valence-electron chi connectivity index (χ0n) is 10.2. The predicted octanol–water partition coefficient (Wildman–Crippen LogP) is 0.575. The molecule has 5 nitrogen and oxygen atoms in total. The van der Waals surface area contributed by atoms with Crippen molar-refractivity contribution in [1.82, 2.24) is 14.9 Å². The van der Waals surface area contributed by atoms with Gasteiger partial charge < -0.3 is 15.2 Å². The normalized spacial score (nSPS) is 23.8. The number of nitrogens with one attached hydrogen (secondary N) is 1. The summed E-state index contributed by atoms with van der Waals surface area (Å²) in [4.78, 5) is 0. The van der Waals surface area contributed by atoms with Gasteiger partial charge in [-0.2, -0.15) is 5.10 Å². The standard InChI is InChI=1S/C13H17N3O2/c17-13(4-6-18-10-13)9-14-7-11-8-15-16-5-2-1-3-12(11)16/h1-3,5,8,14,17H,4,6-7,9-10H2. The van der Waals surface area contributed by atoms with Crippen LogP contribution in [0.5, 0.6) is 0 Å². The number of rotatable bonds is 4. The average Bonchev–Trinajstić information content (AvgIpc) is 2.97. The molecule has 2 aromatic rings. The summed E-state index contributed by atoms with van der Waals surface area (Å²) >= 11 is 0. The van der Waals surface area contributed by atoms with E-state index in [4.69, 9.17) is 4.74 Å². The molecule has 0 amide bonds. The summed E-state index contributed by atoms with van der Waals surface area (Å²) in [6.45, 7) is 2.33. The Morgan fingerprint density at radius 3 is 3.28 bits per heavy atom. The molecule has 1 aliphatic rings. The molecule has 0 spiro atoms. The Hall–Kier alpha value is -1.43. The molecule has 1 atom stereocenters. The van der Waals surface area contributed by atoms with Crippen LogP contribution in [0.2, 0.25) is 0 Å². The maximum Gasteiger partial charge on any atom is 0.102 e. The fourth-order valence-corrected chi connectivity index (χ4v) is 2.29. The van der Waals surface area contributed by atoms with E-state index in [0.29, 0.717) is 32.7 Å². The van der Waals surface area contributed by atoms with E-state index in [0.717, 1.165) is 11.1 Å². The molecule has 1 fully saturated rings. The number of aromatic nitrogens is 2. The van der Waals surface area contributed by atoms with Crippen LogP contribution in [0.4, 0.5) is 0 Å². The molecule has 0 radical (unpaired) electrons. The Morgan fingerprint density at radius 1 is 1.50 bits per heavy atom. The second-order valence-electron chi connectivity index (χ2n) is 4.83. The summed E-state index contributed by atoms with van der Waals surface area (Å²) in [7, 11) is 0. The van der Waals surface area contributed by atoms with Crippen LogP contribution in [0.15, 0.2) is 30.6 Å². The largest absolute Gasteiger partial charge is 0.386 e. The van der Waals surface area contributed by atoms with Crippen LogP contribution in [-0.2, 0) is 11.3 Å². The van der Waals surface area contributed by atoms with Gasteiger partial charge in [-0.25, -0.2) is 4.52 Å². The van der Waals surface area contributed by atoms with Gasteiger partial charge in [0.2, 0.25) is 0 Å². The molecule has 0 bridgehead atoms. The van der Waals surface area contributed by atoms with Gasteiger partial charge >= 0.3 is 0 Å². The Kier molecular flexibility index (Phi) is 3.03. The Morgan fingerprint density at radius 2 is 2.44 bits per heavy atom. The molecular weight excluding hydrogens is 230 g/mol. The van der Waals surface area contributed by atoms with Gasteiger partial charge in [0.05, 0.1) is 18.3 Å². The summed E-state index contributed by atoms with van der Waals surface area (Å²) < 4.78 is 7.06. The minimum atomic E-state index is -0.705. The van der Waals surface area contributed by atoms with Gasteiger partial charge in [-0.15, -0.1) is 0 Å². The topological polar surface area (TPSA) is 58.8 Å². The number of fused-ring (bicyclic) bond motifs is 1. The number of pyridine rings is 1. The van der Waals surface area contributed by atoms with Crippen LogP contribution < -0.4 is 5.32 Å². The molecule has 1 aliphatic heterocycles. The van der Waals surface area contributed by atoms with Crippen molar-refractivity contribution in [3.05, 3.63) is 36.2 Å². The predicted molar refractivity (Wildman–Crippen MR) is 67.3 cm³/mol. The maximum atomic E-state index is 10.1. The van der Waals surface area contributed by atoms with E-state index in [1.54, 1.807) is 0 Å². The Bertz CT molecular complexity index is 532. The van der Waals surface area contributed by atoms with Crippen molar-refractivity contribution in [3.8, 4) is 0 Å². The number of hydrogen-bond acceptors (Lipinski definition) is 4. The molecule has 96 valence electrons. The average molecular weight is 247 g/mol. The van der Waals surface area contributed by atoms with Crippen molar-refractivity contribution in [2.45, 2.75) is 18.6 Å². The molecule has 0 saturated carbocycles. The van der Waals surface area contributed by atoms with Crippen molar-refractivity contribution in [2.24, 2.45) is 0 Å². The number of aliphatic hydroxyl groups is 1. The molecule has 3 heterocycles. The SMILES string of the molecule is OC1(CNCc2cnn3ccccc23)CCOC1. The van der Waals surface area contributed by atoms with E-state index in [-0.39, 0.29) is 0 Å². The van der Waals surface area contributed by atoms with Gasteiger partial charge in [0.15, 0.2) is 0 Å². The van der Waals surface area contributed by atoms with E-state index in [1.807, 2.05) is 35.1 Å². The highest BCUT2D eigenvalue weighted by atomic mass is 16.5. The zero-order chi connectivity index (χ0) is 12.4. The van der Waals surface area contributed by atoms with Gasteiger partial charge in [-0.05, 0) is 12.1 Å². The van der Waals surface area contributed by atoms with Gasteiger partial charge in [0.1, 0.15) is 5.60 Å². The number of ether oxygens (including phenoxy) is 1. The van der Waals surface area contributed by atoms with E-state index >= 15 is 0 Å². The van der Waals surface area contributed by atoms with E-state index in [2.05, 4.69) is 10.4 Å². The molecule has 5 heteroatoms. The highest BCUT2D eigenvalue weighted by Crippen LogP contribution is 2.17. The smallest absolute Gasteiger partial charge is 0.102 e. The Labute approximate surface area is 105 Å². The van der Waals surface area contributed by atoms with Crippen LogP contribution in [-0.4, -0.2) is 40.1 Å². The molecule has 0 aliphatic carbocycles. The van der Waals surface area contributed by atoms with Crippen LogP contribution in [0, 0.1) is 0 Å². The summed E-state index contributed by atoms with van der Waals surface area (Å²) in [5.74, 6) is 0. The summed E-state index contributed by atoms with van der Waals surface area (Å²) in [5, 5.41) is 17.7. The monoisotopic (exact) mass is 247 g/mol. The third kappa shape index (κ3) is 2.25. The van der Waals surface area contributed by atoms with Gasteiger partial charge in [0.25, 0.3) is 0 Å². The highest BCUT2D eigenvalue weighted by Gasteiger charge is 2.31. The van der Waals surface area contributed by atoms with Crippen molar-refractivity contribution >= 4 is 5.52 Å². The first-order chi connectivity index (χ1) is 8.77. The van der Waals surface area contributed by atoms with Gasteiger partial charge in [0, 0.05) is 37.9 Å². The lowest BCUT2D eigenvalue weighted by Crippen LogP contribution is -2.40. The molecule has 0 aromatic carbocycles. The van der Waals surface area contributed by atoms with Crippen LogP contribution in [0.3, 0.4) is 0 Å². The van der Waals surface area contributed by atoms with Gasteiger partial charge in [-0.3, -0.25) is 0 Å². The van der Waals surface area contributed by atoms with E-state index < -0.39 is 5.60 Å². The summed E-state index contributed by atoms with van der Waals surface area (Å²) in [5.41, 5.74) is 1.53. The lowest BCUT2D eigenvalue weighted by molar-refractivity contribution is 0.0269. The van der Waals surface area contributed by atoms with Crippen molar-refractivity contribution < 1.29 is 9.84 Å². The quantitative estimate of drug-likeness (QED) is 0.829. The van der Waals surface area contributed by atoms with Crippen molar-refractivity contribution in [2.75, 3.05) is 19.8 Å². The molecule has 18 heavy (non-hydrogen) atoms. The minimum absolute atomic E-state index is 0.425. The summed E-state index contributed by atoms with van der Waals surface area (Å²) in [6.07, 6.45) is 4.49. The van der Waals surface area contributed by atoms with Gasteiger partial charge in [-0.1, -0.05) is 6.07 Å². The molecule has 3 rings (SSSR count). The third-order valence-corrected chi connectivity index (χ3v) is 3.36. The lowest BCUT2D eigenvalue weighted by Gasteiger charge is -2.20. The van der Waals surface area contributed by atoms with E-state index in [9.17, 15) is 5.11 Å². The number of nitrogens with zero attached hydrogens (tertiary/aromatic N) is 2. The third-order valence-electron chi connectivity index (χ3n) is 3.36. The fraction of sp³-hybridized carbons (Fsp3) is 0.462. The first kappa shape index (κ1) is 11.6. The van der Waals surface area contributed by atoms with Crippen LogP contribution >= 0.6 is 0 Å². The minimum Gasteiger partial charge on any atom is -0.386 e. The first-order valence-electron chi connectivity index (χ1n) is 6.19. The highest BCUT2D eigenvalue weighted by molar-refractivity contribution is 5.53. The van der Waals surface area contributed by atoms with Crippen molar-refractivity contribution in [3.63, 3.8) is 0 Å². The van der Waals surface area contributed by atoms with Crippen LogP contribution in [0.25, 0.3) is 5.52 Å². The molecule has 1 saturated heterocycles. The summed E-state index contributed by atoms with van der Waals surface area (Å²) in [6, 6.07) is 5.99. The second kappa shape index (κ2) is 4.68. The first-order valence-corrected chi connectivity index (χ1v) is 6.19. The molecular formula is C13H17N3O2. The maximum absolute atomic E-state index is 10.1. The van der Waals surface area contributed by atoms with Crippen LogP contribution in [0.1, 0.15) is 12.0 Å².